The van der Waals surface area contributed by atoms with Crippen molar-refractivity contribution < 1.29 is 4.42 Å². The van der Waals surface area contributed by atoms with Crippen molar-refractivity contribution in [2.24, 2.45) is 0 Å². The molecule has 2 aromatic carbocycles. The van der Waals surface area contributed by atoms with Crippen LogP contribution in [0, 0.1) is 3.57 Å². The van der Waals surface area contributed by atoms with Gasteiger partial charge in [-0.15, -0.1) is 0 Å². The zero-order valence-electron chi connectivity index (χ0n) is 9.15. The van der Waals surface area contributed by atoms with E-state index >= 15 is 0 Å². The number of benzene rings is 2. The van der Waals surface area contributed by atoms with E-state index in [0.29, 0.717) is 11.6 Å². The highest BCUT2D eigenvalue weighted by molar-refractivity contribution is 14.1. The lowest BCUT2D eigenvalue weighted by molar-refractivity contribution is 0.618. The molecule has 3 rings (SSSR count). The quantitative estimate of drug-likeness (QED) is 0.473. The molecule has 5 heteroatoms. The van der Waals surface area contributed by atoms with Crippen LogP contribution in [-0.2, 0) is 0 Å². The average molecular weight is 415 g/mol. The maximum Gasteiger partial charge on any atom is 0.229 e. The van der Waals surface area contributed by atoms with Gasteiger partial charge in [-0.1, -0.05) is 6.07 Å². The number of hydrogen-bond acceptors (Lipinski definition) is 3. The number of rotatable bonds is 1. The van der Waals surface area contributed by atoms with E-state index in [-0.39, 0.29) is 0 Å². The maximum atomic E-state index is 5.97. The van der Waals surface area contributed by atoms with Gasteiger partial charge in [-0.3, -0.25) is 0 Å². The minimum Gasteiger partial charge on any atom is -0.435 e. The minimum absolute atomic E-state index is 0.549. The summed E-state index contributed by atoms with van der Waals surface area (Å²) in [6.45, 7) is 0. The number of fused-ring (bicyclic) bond motifs is 1. The van der Waals surface area contributed by atoms with Gasteiger partial charge in [-0.25, -0.2) is 4.98 Å². The Morgan fingerprint density at radius 3 is 2.83 bits per heavy atom. The largest absolute Gasteiger partial charge is 0.435 e. The molecule has 0 saturated heterocycles. The van der Waals surface area contributed by atoms with E-state index in [1.54, 1.807) is 0 Å². The molecule has 0 unspecified atom stereocenters. The SMILES string of the molecule is Nc1ccc(I)cc1-c1nc2cccc(Br)c2o1. The molecule has 3 nitrogen and oxygen atoms in total. The van der Waals surface area contributed by atoms with Crippen LogP contribution in [-0.4, -0.2) is 4.98 Å². The number of anilines is 1. The van der Waals surface area contributed by atoms with E-state index in [9.17, 15) is 0 Å². The van der Waals surface area contributed by atoms with Crippen LogP contribution in [0.3, 0.4) is 0 Å². The van der Waals surface area contributed by atoms with Crippen molar-refractivity contribution in [3.8, 4) is 11.5 Å². The number of aromatic nitrogens is 1. The highest BCUT2D eigenvalue weighted by Crippen LogP contribution is 2.32. The molecule has 0 amide bonds. The second kappa shape index (κ2) is 4.55. The first kappa shape index (κ1) is 12.0. The topological polar surface area (TPSA) is 52.0 Å². The highest BCUT2D eigenvalue weighted by Gasteiger charge is 2.12. The Labute approximate surface area is 126 Å². The molecule has 0 aliphatic heterocycles. The first-order valence-corrected chi connectivity index (χ1v) is 7.13. The fourth-order valence-corrected chi connectivity index (χ4v) is 2.67. The predicted molar refractivity (Wildman–Crippen MR) is 84.3 cm³/mol. The summed E-state index contributed by atoms with van der Waals surface area (Å²) in [6, 6.07) is 11.6. The number of halogens is 2. The fourth-order valence-electron chi connectivity index (χ4n) is 1.74. The van der Waals surface area contributed by atoms with E-state index in [1.807, 2.05) is 36.4 Å². The van der Waals surface area contributed by atoms with Crippen LogP contribution in [0.5, 0.6) is 0 Å². The molecule has 1 heterocycles. The number of para-hydroxylation sites is 1. The predicted octanol–water partition coefficient (Wildman–Crippen LogP) is 4.44. The molecular weight excluding hydrogens is 407 g/mol. The molecule has 90 valence electrons. The molecule has 0 atom stereocenters. The van der Waals surface area contributed by atoms with E-state index in [0.717, 1.165) is 24.7 Å². The molecule has 0 bridgehead atoms. The molecule has 0 spiro atoms. The summed E-state index contributed by atoms with van der Waals surface area (Å²) in [4.78, 5) is 4.47. The molecule has 2 N–H and O–H groups in total. The average Bonchev–Trinajstić information content (AvgIpc) is 2.77. The van der Waals surface area contributed by atoms with Crippen LogP contribution in [0.4, 0.5) is 5.69 Å². The van der Waals surface area contributed by atoms with Crippen LogP contribution in [0.15, 0.2) is 45.3 Å². The third kappa shape index (κ3) is 2.01. The number of nitrogen functional groups attached to an aromatic ring is 1. The second-order valence-electron chi connectivity index (χ2n) is 3.84. The highest BCUT2D eigenvalue weighted by atomic mass is 127. The standard InChI is InChI=1S/C13H8BrIN2O/c14-9-2-1-3-11-12(9)18-13(17-11)8-6-7(15)4-5-10(8)16/h1-6H,16H2. The molecule has 0 aliphatic rings. The van der Waals surface area contributed by atoms with Crippen molar-refractivity contribution in [1.82, 2.24) is 4.98 Å². The van der Waals surface area contributed by atoms with Gasteiger partial charge in [0, 0.05) is 9.26 Å². The fraction of sp³-hybridized carbons (Fsp3) is 0. The third-order valence-corrected chi connectivity index (χ3v) is 3.91. The number of nitrogens with two attached hydrogens (primary N) is 1. The van der Waals surface area contributed by atoms with Gasteiger partial charge >= 0.3 is 0 Å². The van der Waals surface area contributed by atoms with Gasteiger partial charge in [-0.05, 0) is 68.9 Å². The van der Waals surface area contributed by atoms with Crippen LogP contribution in [0.25, 0.3) is 22.6 Å². The van der Waals surface area contributed by atoms with Crippen molar-refractivity contribution in [2.75, 3.05) is 5.73 Å². The summed E-state index contributed by atoms with van der Waals surface area (Å²) in [5.41, 5.74) is 9.01. The van der Waals surface area contributed by atoms with Gasteiger partial charge in [0.25, 0.3) is 0 Å². The normalized spacial score (nSPS) is 11.0. The number of nitrogens with zero attached hydrogens (tertiary/aromatic N) is 1. The Hall–Kier alpha value is -1.08. The second-order valence-corrected chi connectivity index (χ2v) is 5.94. The minimum atomic E-state index is 0.549. The van der Waals surface area contributed by atoms with E-state index < -0.39 is 0 Å². The van der Waals surface area contributed by atoms with Gasteiger partial charge in [0.2, 0.25) is 5.89 Å². The lowest BCUT2D eigenvalue weighted by Gasteiger charge is -2.01. The van der Waals surface area contributed by atoms with E-state index in [1.165, 1.54) is 0 Å². The van der Waals surface area contributed by atoms with Gasteiger partial charge in [0.1, 0.15) is 5.52 Å². The molecule has 18 heavy (non-hydrogen) atoms. The van der Waals surface area contributed by atoms with Crippen molar-refractivity contribution in [3.05, 3.63) is 44.4 Å². The summed E-state index contributed by atoms with van der Waals surface area (Å²) in [7, 11) is 0. The Morgan fingerprint density at radius 2 is 2.06 bits per heavy atom. The zero-order valence-corrected chi connectivity index (χ0v) is 12.9. The van der Waals surface area contributed by atoms with Gasteiger partial charge in [-0.2, -0.15) is 0 Å². The molecule has 0 aliphatic carbocycles. The smallest absolute Gasteiger partial charge is 0.229 e. The number of hydrogen-bond donors (Lipinski definition) is 1. The first-order chi connectivity index (χ1) is 8.65. The summed E-state index contributed by atoms with van der Waals surface area (Å²) >= 11 is 5.69. The van der Waals surface area contributed by atoms with Crippen molar-refractivity contribution in [1.29, 1.82) is 0 Å². The first-order valence-electron chi connectivity index (χ1n) is 5.25. The summed E-state index contributed by atoms with van der Waals surface area (Å²) in [5, 5.41) is 0. The molecule has 0 radical (unpaired) electrons. The molecule has 3 aromatic rings. The third-order valence-electron chi connectivity index (χ3n) is 2.61. The molecule has 0 fully saturated rings. The Morgan fingerprint density at radius 1 is 1.22 bits per heavy atom. The summed E-state index contributed by atoms with van der Waals surface area (Å²) in [6.07, 6.45) is 0. The Balaban J connectivity index is 2.26. The van der Waals surface area contributed by atoms with E-state index in [4.69, 9.17) is 10.2 Å². The van der Waals surface area contributed by atoms with Crippen molar-refractivity contribution >= 4 is 55.3 Å². The van der Waals surface area contributed by atoms with Gasteiger partial charge in [0.15, 0.2) is 5.58 Å². The Bertz CT molecular complexity index is 739. The maximum absolute atomic E-state index is 5.97. The number of oxazole rings is 1. The molecule has 1 aromatic heterocycles. The van der Waals surface area contributed by atoms with Crippen LogP contribution >= 0.6 is 38.5 Å². The Kier molecular flexibility index (Phi) is 3.03. The zero-order chi connectivity index (χ0) is 12.7. The van der Waals surface area contributed by atoms with Crippen molar-refractivity contribution in [3.63, 3.8) is 0 Å². The van der Waals surface area contributed by atoms with E-state index in [2.05, 4.69) is 43.5 Å². The van der Waals surface area contributed by atoms with Crippen LogP contribution in [0.1, 0.15) is 0 Å². The van der Waals surface area contributed by atoms with Crippen molar-refractivity contribution in [2.45, 2.75) is 0 Å². The molecule has 0 saturated carbocycles. The lowest BCUT2D eigenvalue weighted by Crippen LogP contribution is -1.90. The van der Waals surface area contributed by atoms with Crippen LogP contribution < -0.4 is 5.73 Å². The van der Waals surface area contributed by atoms with Gasteiger partial charge < -0.3 is 10.2 Å². The monoisotopic (exact) mass is 414 g/mol. The summed E-state index contributed by atoms with van der Waals surface area (Å²) < 4.78 is 7.77. The van der Waals surface area contributed by atoms with Gasteiger partial charge in [0.05, 0.1) is 10.0 Å². The lowest BCUT2D eigenvalue weighted by atomic mass is 10.2. The molecular formula is C13H8BrIN2O. The van der Waals surface area contributed by atoms with Crippen LogP contribution in [0.2, 0.25) is 0 Å². The summed E-state index contributed by atoms with van der Waals surface area (Å²) in [5.74, 6) is 0.549.